The van der Waals surface area contributed by atoms with Gasteiger partial charge >= 0.3 is 11.8 Å². The quantitative estimate of drug-likeness (QED) is 0.458. The van der Waals surface area contributed by atoms with E-state index in [1.807, 2.05) is 22.6 Å². The monoisotopic (exact) mass is 334 g/mol. The molecule has 1 aromatic rings. The number of benzene rings is 1. The number of hydrogen-bond donors (Lipinski definition) is 2. The summed E-state index contributed by atoms with van der Waals surface area (Å²) in [6.45, 7) is 0. The van der Waals surface area contributed by atoms with Crippen LogP contribution in [0, 0.1) is 3.57 Å². The number of amides is 2. The number of phenols is 1. The predicted octanol–water partition coefficient (Wildman–Crippen LogP) is 1.02. The van der Waals surface area contributed by atoms with Crippen molar-refractivity contribution in [2.45, 2.75) is 0 Å². The summed E-state index contributed by atoms with van der Waals surface area (Å²) in [7, 11) is 3.00. The van der Waals surface area contributed by atoms with Gasteiger partial charge in [0.15, 0.2) is 0 Å². The molecule has 0 saturated carbocycles. The largest absolute Gasteiger partial charge is 0.507 e. The fraction of sp³-hybridized carbons (Fsp3) is 0.200. The Labute approximate surface area is 107 Å². The van der Waals surface area contributed by atoms with E-state index in [4.69, 9.17) is 0 Å². The highest BCUT2D eigenvalue weighted by atomic mass is 127. The molecule has 0 aromatic heterocycles. The van der Waals surface area contributed by atoms with E-state index in [0.29, 0.717) is 9.26 Å². The zero-order valence-corrected chi connectivity index (χ0v) is 11.0. The van der Waals surface area contributed by atoms with Crippen LogP contribution >= 0.6 is 22.6 Å². The van der Waals surface area contributed by atoms with Crippen molar-refractivity contribution in [2.24, 2.45) is 0 Å². The Morgan fingerprint density at radius 1 is 1.38 bits per heavy atom. The number of anilines is 1. The molecule has 1 aromatic carbocycles. The summed E-state index contributed by atoms with van der Waals surface area (Å²) in [5.41, 5.74) is 0.474. The Balaban J connectivity index is 2.78. The second-order valence-electron chi connectivity index (χ2n) is 3.32. The van der Waals surface area contributed by atoms with Crippen molar-refractivity contribution >= 4 is 40.1 Å². The molecule has 0 atom stereocenters. The topological polar surface area (TPSA) is 69.6 Å². The van der Waals surface area contributed by atoms with Crippen LogP contribution in [0.2, 0.25) is 0 Å². The SMILES string of the molecule is CN(C)C(=O)C(=O)Nc1ccc(O)c(I)c1. The van der Waals surface area contributed by atoms with Crippen LogP contribution in [0.3, 0.4) is 0 Å². The molecule has 0 saturated heterocycles. The van der Waals surface area contributed by atoms with Gasteiger partial charge in [-0.3, -0.25) is 9.59 Å². The van der Waals surface area contributed by atoms with Crippen molar-refractivity contribution in [3.8, 4) is 5.75 Å². The van der Waals surface area contributed by atoms with Crippen molar-refractivity contribution < 1.29 is 14.7 Å². The first-order valence-corrected chi connectivity index (χ1v) is 5.51. The fourth-order valence-electron chi connectivity index (χ4n) is 0.972. The van der Waals surface area contributed by atoms with Crippen LogP contribution < -0.4 is 5.32 Å². The number of nitrogens with one attached hydrogen (secondary N) is 1. The number of hydrogen-bond acceptors (Lipinski definition) is 3. The highest BCUT2D eigenvalue weighted by Gasteiger charge is 2.15. The molecule has 2 N–H and O–H groups in total. The van der Waals surface area contributed by atoms with E-state index >= 15 is 0 Å². The average Bonchev–Trinajstić information content (AvgIpc) is 2.22. The third-order valence-corrected chi connectivity index (χ3v) is 2.67. The van der Waals surface area contributed by atoms with Gasteiger partial charge in [-0.15, -0.1) is 0 Å². The normalized spacial score (nSPS) is 9.69. The van der Waals surface area contributed by atoms with Gasteiger partial charge in [0.25, 0.3) is 0 Å². The fourth-order valence-corrected chi connectivity index (χ4v) is 1.49. The van der Waals surface area contributed by atoms with Gasteiger partial charge in [0, 0.05) is 19.8 Å². The zero-order valence-electron chi connectivity index (χ0n) is 8.82. The van der Waals surface area contributed by atoms with E-state index in [0.717, 1.165) is 0 Å². The lowest BCUT2D eigenvalue weighted by atomic mass is 10.3. The Bertz CT molecular complexity index is 432. The van der Waals surface area contributed by atoms with Crippen LogP contribution in [-0.2, 0) is 9.59 Å². The molecule has 6 heteroatoms. The van der Waals surface area contributed by atoms with Crippen LogP contribution in [0.4, 0.5) is 5.69 Å². The lowest BCUT2D eigenvalue weighted by Crippen LogP contribution is -2.34. The van der Waals surface area contributed by atoms with Gasteiger partial charge in [-0.25, -0.2) is 0 Å². The van der Waals surface area contributed by atoms with Crippen molar-refractivity contribution in [3.63, 3.8) is 0 Å². The number of halogens is 1. The first-order valence-electron chi connectivity index (χ1n) is 4.43. The molecule has 0 radical (unpaired) electrons. The molecule has 0 aliphatic carbocycles. The van der Waals surface area contributed by atoms with E-state index < -0.39 is 11.8 Å². The van der Waals surface area contributed by atoms with Crippen molar-refractivity contribution in [1.29, 1.82) is 0 Å². The molecule has 0 spiro atoms. The van der Waals surface area contributed by atoms with E-state index in [1.165, 1.54) is 31.1 Å². The predicted molar refractivity (Wildman–Crippen MR) is 68.1 cm³/mol. The van der Waals surface area contributed by atoms with E-state index in [9.17, 15) is 14.7 Å². The maximum Gasteiger partial charge on any atom is 0.313 e. The minimum absolute atomic E-state index is 0.137. The summed E-state index contributed by atoms with van der Waals surface area (Å²) in [4.78, 5) is 23.8. The smallest absolute Gasteiger partial charge is 0.313 e. The van der Waals surface area contributed by atoms with Gasteiger partial charge < -0.3 is 15.3 Å². The zero-order chi connectivity index (χ0) is 12.3. The molecule has 0 fully saturated rings. The van der Waals surface area contributed by atoms with Gasteiger partial charge in [0.2, 0.25) is 0 Å². The summed E-state index contributed by atoms with van der Waals surface area (Å²) < 4.78 is 0.604. The molecule has 86 valence electrons. The lowest BCUT2D eigenvalue weighted by molar-refractivity contribution is -0.141. The van der Waals surface area contributed by atoms with E-state index in [2.05, 4.69) is 5.32 Å². The molecule has 2 amide bonds. The molecule has 16 heavy (non-hydrogen) atoms. The average molecular weight is 334 g/mol. The van der Waals surface area contributed by atoms with Crippen LogP contribution in [0.15, 0.2) is 18.2 Å². The number of likely N-dealkylation sites (N-methyl/N-ethyl adjacent to an activating group) is 1. The number of rotatable bonds is 1. The molecular formula is C10H11IN2O3. The summed E-state index contributed by atoms with van der Waals surface area (Å²) in [5.74, 6) is -1.19. The number of nitrogens with zero attached hydrogens (tertiary/aromatic N) is 1. The summed E-state index contributed by atoms with van der Waals surface area (Å²) in [5, 5.41) is 11.7. The van der Waals surface area contributed by atoms with Gasteiger partial charge in [-0.1, -0.05) is 0 Å². The highest BCUT2D eigenvalue weighted by Crippen LogP contribution is 2.22. The summed E-state index contributed by atoms with van der Waals surface area (Å²) in [6.07, 6.45) is 0. The lowest BCUT2D eigenvalue weighted by Gasteiger charge is -2.10. The molecule has 0 heterocycles. The molecular weight excluding hydrogens is 323 g/mol. The molecule has 5 nitrogen and oxygen atoms in total. The minimum atomic E-state index is -0.702. The van der Waals surface area contributed by atoms with E-state index in [1.54, 1.807) is 6.07 Å². The van der Waals surface area contributed by atoms with Gasteiger partial charge in [-0.05, 0) is 40.8 Å². The maximum absolute atomic E-state index is 11.4. The van der Waals surface area contributed by atoms with Gasteiger partial charge in [-0.2, -0.15) is 0 Å². The first-order chi connectivity index (χ1) is 7.41. The van der Waals surface area contributed by atoms with Gasteiger partial charge in [0.1, 0.15) is 5.75 Å². The van der Waals surface area contributed by atoms with Crippen LogP contribution in [0.5, 0.6) is 5.75 Å². The van der Waals surface area contributed by atoms with Crippen molar-refractivity contribution in [2.75, 3.05) is 19.4 Å². The van der Waals surface area contributed by atoms with Gasteiger partial charge in [0.05, 0.1) is 3.57 Å². The molecule has 0 bridgehead atoms. The highest BCUT2D eigenvalue weighted by molar-refractivity contribution is 14.1. The standard InChI is InChI=1S/C10H11IN2O3/c1-13(2)10(16)9(15)12-6-3-4-8(14)7(11)5-6/h3-5,14H,1-2H3,(H,12,15). The maximum atomic E-state index is 11.4. The number of carbonyl (C=O) groups is 2. The second kappa shape index (κ2) is 5.15. The molecule has 1 rings (SSSR count). The first kappa shape index (κ1) is 12.8. The molecule has 0 aliphatic rings. The van der Waals surface area contributed by atoms with E-state index in [-0.39, 0.29) is 5.75 Å². The van der Waals surface area contributed by atoms with Crippen LogP contribution in [-0.4, -0.2) is 35.9 Å². The van der Waals surface area contributed by atoms with Crippen LogP contribution in [0.1, 0.15) is 0 Å². The molecule has 0 unspecified atom stereocenters. The van der Waals surface area contributed by atoms with Crippen LogP contribution in [0.25, 0.3) is 0 Å². The number of carbonyl (C=O) groups excluding carboxylic acids is 2. The Hall–Kier alpha value is -1.31. The third-order valence-electron chi connectivity index (χ3n) is 1.81. The molecule has 0 aliphatic heterocycles. The number of aromatic hydroxyl groups is 1. The summed E-state index contributed by atoms with van der Waals surface area (Å²) in [6, 6.07) is 4.56. The third kappa shape index (κ3) is 3.09. The number of phenolic OH excluding ortho intramolecular Hbond substituents is 1. The Morgan fingerprint density at radius 2 is 2.00 bits per heavy atom. The van der Waals surface area contributed by atoms with Crippen molar-refractivity contribution in [1.82, 2.24) is 4.90 Å². The summed E-state index contributed by atoms with van der Waals surface area (Å²) >= 11 is 1.93. The minimum Gasteiger partial charge on any atom is -0.507 e. The Morgan fingerprint density at radius 3 is 2.50 bits per heavy atom. The van der Waals surface area contributed by atoms with Crippen molar-refractivity contribution in [3.05, 3.63) is 21.8 Å². The Kier molecular flexibility index (Phi) is 4.11. The second-order valence-corrected chi connectivity index (χ2v) is 4.48.